The number of carbonyl (C=O) groups excluding carboxylic acids is 1. The third kappa shape index (κ3) is 4.70. The highest BCUT2D eigenvalue weighted by Crippen LogP contribution is 2.11. The van der Waals surface area contributed by atoms with Gasteiger partial charge in [-0.25, -0.2) is 0 Å². The van der Waals surface area contributed by atoms with Crippen molar-refractivity contribution in [3.05, 3.63) is 36.4 Å². The topological polar surface area (TPSA) is 20.3 Å². The molecule has 2 rings (SSSR count). The van der Waals surface area contributed by atoms with E-state index >= 15 is 0 Å². The number of nitrogens with zero attached hydrogens (tertiary/aromatic N) is 1. The molecule has 1 fully saturated rings. The standard InChI is InChI=1S/C6H6.C4H7NOS/c1-2-4-6-5-3-1;1-5-2-4(6)7-3-5/h1-6H;2-3H2,1H3. The molecule has 0 unspecified atom stereocenters. The molecule has 0 spiro atoms. The van der Waals surface area contributed by atoms with Crippen molar-refractivity contribution in [2.45, 2.75) is 0 Å². The lowest BCUT2D eigenvalue weighted by atomic mass is 10.4. The second-order valence-electron chi connectivity index (χ2n) is 2.81. The third-order valence-electron chi connectivity index (χ3n) is 1.51. The smallest absolute Gasteiger partial charge is 0.204 e. The molecule has 0 bridgehead atoms. The van der Waals surface area contributed by atoms with Gasteiger partial charge in [0.25, 0.3) is 0 Å². The van der Waals surface area contributed by atoms with Gasteiger partial charge in [0, 0.05) is 0 Å². The fourth-order valence-corrected chi connectivity index (χ4v) is 1.65. The molecule has 1 saturated heterocycles. The molecule has 0 aromatic heterocycles. The summed E-state index contributed by atoms with van der Waals surface area (Å²) in [6.07, 6.45) is 0. The van der Waals surface area contributed by atoms with Gasteiger partial charge < -0.3 is 0 Å². The van der Waals surface area contributed by atoms with Gasteiger partial charge >= 0.3 is 0 Å². The minimum atomic E-state index is 0.294. The molecule has 1 aromatic rings. The largest absolute Gasteiger partial charge is 0.289 e. The van der Waals surface area contributed by atoms with E-state index in [1.165, 1.54) is 11.8 Å². The molecule has 0 aliphatic carbocycles. The number of benzene rings is 1. The minimum Gasteiger partial charge on any atom is -0.289 e. The Labute approximate surface area is 82.9 Å². The highest BCUT2D eigenvalue weighted by atomic mass is 32.2. The number of likely N-dealkylation sites (N-methyl/N-ethyl adjacent to an activating group) is 1. The van der Waals surface area contributed by atoms with Crippen LogP contribution in [0.25, 0.3) is 0 Å². The van der Waals surface area contributed by atoms with E-state index in [1.807, 2.05) is 48.3 Å². The van der Waals surface area contributed by atoms with Crippen LogP contribution >= 0.6 is 11.8 Å². The van der Waals surface area contributed by atoms with Gasteiger partial charge in [0.1, 0.15) is 0 Å². The first-order valence-electron chi connectivity index (χ1n) is 4.13. The SMILES string of the molecule is CN1CSC(=O)C1.c1ccccc1. The van der Waals surface area contributed by atoms with Crippen LogP contribution < -0.4 is 0 Å². The number of carbonyl (C=O) groups is 1. The summed E-state index contributed by atoms with van der Waals surface area (Å²) in [5, 5.41) is 0.294. The Kier molecular flexibility index (Phi) is 4.57. The van der Waals surface area contributed by atoms with Crippen molar-refractivity contribution in [3.8, 4) is 0 Å². The van der Waals surface area contributed by atoms with Crippen LogP contribution in [-0.4, -0.2) is 29.5 Å². The minimum absolute atomic E-state index is 0.294. The monoisotopic (exact) mass is 195 g/mol. The summed E-state index contributed by atoms with van der Waals surface area (Å²) in [7, 11) is 1.94. The van der Waals surface area contributed by atoms with Gasteiger partial charge in [-0.1, -0.05) is 48.2 Å². The Balaban J connectivity index is 0.000000132. The maximum atomic E-state index is 10.4. The van der Waals surface area contributed by atoms with Crippen molar-refractivity contribution in [1.29, 1.82) is 0 Å². The van der Waals surface area contributed by atoms with E-state index in [9.17, 15) is 4.79 Å². The summed E-state index contributed by atoms with van der Waals surface area (Å²) in [5.74, 6) is 0.874. The zero-order valence-electron chi connectivity index (χ0n) is 7.64. The molecule has 13 heavy (non-hydrogen) atoms. The van der Waals surface area contributed by atoms with Crippen LogP contribution in [0.1, 0.15) is 0 Å². The number of rotatable bonds is 0. The quantitative estimate of drug-likeness (QED) is 0.630. The second-order valence-corrected chi connectivity index (χ2v) is 3.82. The van der Waals surface area contributed by atoms with Crippen LogP contribution in [0.3, 0.4) is 0 Å². The van der Waals surface area contributed by atoms with E-state index in [4.69, 9.17) is 0 Å². The number of hydrogen-bond acceptors (Lipinski definition) is 3. The van der Waals surface area contributed by atoms with E-state index in [0.717, 1.165) is 5.88 Å². The van der Waals surface area contributed by atoms with Crippen LogP contribution in [-0.2, 0) is 4.79 Å². The predicted octanol–water partition coefficient (Wildman–Crippen LogP) is 1.84. The molecule has 3 heteroatoms. The van der Waals surface area contributed by atoms with E-state index in [-0.39, 0.29) is 0 Å². The Bertz CT molecular complexity index is 224. The van der Waals surface area contributed by atoms with Gasteiger partial charge in [0.15, 0.2) is 0 Å². The van der Waals surface area contributed by atoms with Crippen molar-refractivity contribution in [3.63, 3.8) is 0 Å². The summed E-state index contributed by atoms with van der Waals surface area (Å²) >= 11 is 1.39. The van der Waals surface area contributed by atoms with E-state index in [1.54, 1.807) is 0 Å². The van der Waals surface area contributed by atoms with Gasteiger partial charge in [0.05, 0.1) is 12.4 Å². The summed E-state index contributed by atoms with van der Waals surface area (Å²) in [4.78, 5) is 12.4. The van der Waals surface area contributed by atoms with Crippen molar-refractivity contribution in [2.75, 3.05) is 19.5 Å². The molecular weight excluding hydrogens is 182 g/mol. The Hall–Kier alpha value is -0.800. The summed E-state index contributed by atoms with van der Waals surface area (Å²) in [6, 6.07) is 12.0. The first-order valence-corrected chi connectivity index (χ1v) is 5.12. The fourth-order valence-electron chi connectivity index (χ4n) is 0.879. The molecule has 0 amide bonds. The van der Waals surface area contributed by atoms with Gasteiger partial charge in [-0.05, 0) is 7.05 Å². The highest BCUT2D eigenvalue weighted by Gasteiger charge is 2.14. The van der Waals surface area contributed by atoms with Gasteiger partial charge in [0.2, 0.25) is 5.12 Å². The van der Waals surface area contributed by atoms with Crippen molar-refractivity contribution < 1.29 is 4.79 Å². The molecular formula is C10H13NOS. The summed E-state index contributed by atoms with van der Waals surface area (Å²) in [6.45, 7) is 0.630. The molecule has 2 nitrogen and oxygen atoms in total. The van der Waals surface area contributed by atoms with Gasteiger partial charge in [-0.2, -0.15) is 0 Å². The molecule has 1 aromatic carbocycles. The molecule has 70 valence electrons. The van der Waals surface area contributed by atoms with Gasteiger partial charge in [-0.15, -0.1) is 0 Å². The molecule has 0 saturated carbocycles. The molecule has 0 radical (unpaired) electrons. The lowest BCUT2D eigenvalue weighted by molar-refractivity contribution is -0.110. The Morgan fingerprint density at radius 1 is 1.15 bits per heavy atom. The van der Waals surface area contributed by atoms with Crippen molar-refractivity contribution in [2.24, 2.45) is 0 Å². The maximum Gasteiger partial charge on any atom is 0.204 e. The Morgan fingerprint density at radius 2 is 1.62 bits per heavy atom. The number of hydrogen-bond donors (Lipinski definition) is 0. The van der Waals surface area contributed by atoms with Crippen LogP contribution in [0.4, 0.5) is 0 Å². The van der Waals surface area contributed by atoms with Crippen molar-refractivity contribution in [1.82, 2.24) is 4.90 Å². The van der Waals surface area contributed by atoms with E-state index < -0.39 is 0 Å². The average Bonchev–Trinajstić information content (AvgIpc) is 2.54. The molecule has 1 aliphatic heterocycles. The fraction of sp³-hybridized carbons (Fsp3) is 0.300. The van der Waals surface area contributed by atoms with E-state index in [2.05, 4.69) is 0 Å². The lowest BCUT2D eigenvalue weighted by Crippen LogP contribution is -2.13. The van der Waals surface area contributed by atoms with Crippen LogP contribution in [0.5, 0.6) is 0 Å². The predicted molar refractivity (Wildman–Crippen MR) is 56.5 cm³/mol. The normalized spacial score (nSPS) is 16.5. The number of thioether (sulfide) groups is 1. The maximum absolute atomic E-state index is 10.4. The average molecular weight is 195 g/mol. The Morgan fingerprint density at radius 3 is 1.77 bits per heavy atom. The zero-order chi connectivity index (χ0) is 9.52. The van der Waals surface area contributed by atoms with E-state index in [0.29, 0.717) is 11.7 Å². The van der Waals surface area contributed by atoms with Crippen molar-refractivity contribution >= 4 is 16.9 Å². The molecule has 1 heterocycles. The summed E-state index contributed by atoms with van der Waals surface area (Å²) in [5.41, 5.74) is 0. The third-order valence-corrected chi connectivity index (χ3v) is 2.53. The molecule has 1 aliphatic rings. The van der Waals surface area contributed by atoms with Gasteiger partial charge in [-0.3, -0.25) is 9.69 Å². The highest BCUT2D eigenvalue weighted by molar-refractivity contribution is 8.14. The first-order chi connectivity index (χ1) is 6.29. The second kappa shape index (κ2) is 5.78. The zero-order valence-corrected chi connectivity index (χ0v) is 8.46. The van der Waals surface area contributed by atoms with Crippen LogP contribution in [0.15, 0.2) is 36.4 Å². The van der Waals surface area contributed by atoms with Crippen LogP contribution in [0, 0.1) is 0 Å². The van der Waals surface area contributed by atoms with Crippen LogP contribution in [0.2, 0.25) is 0 Å². The molecule has 0 atom stereocenters. The summed E-state index contributed by atoms with van der Waals surface area (Å²) < 4.78 is 0. The first kappa shape index (κ1) is 10.3. The molecule has 0 N–H and O–H groups in total. The lowest BCUT2D eigenvalue weighted by Gasteiger charge is -1.98.